The molecule has 4 nitrogen and oxygen atoms in total. The zero-order valence-corrected chi connectivity index (χ0v) is 11.6. The van der Waals surface area contributed by atoms with Crippen LogP contribution in [0.2, 0.25) is 5.15 Å². The molecule has 0 atom stereocenters. The van der Waals surface area contributed by atoms with E-state index in [1.165, 1.54) is 32.1 Å². The number of nitrogens with zero attached hydrogens (tertiary/aromatic N) is 3. The normalized spacial score (nSPS) is 17.3. The molecule has 0 amide bonds. The summed E-state index contributed by atoms with van der Waals surface area (Å²) in [6.07, 6.45) is 6.41. The van der Waals surface area contributed by atoms with Crippen molar-refractivity contribution >= 4 is 17.4 Å². The molecular formula is C13H20ClN3O. The van der Waals surface area contributed by atoms with E-state index in [1.807, 2.05) is 6.07 Å². The van der Waals surface area contributed by atoms with Crippen molar-refractivity contribution in [1.82, 2.24) is 9.97 Å². The van der Waals surface area contributed by atoms with Gasteiger partial charge in [0.1, 0.15) is 17.6 Å². The molecule has 1 aromatic rings. The molecule has 100 valence electrons. The summed E-state index contributed by atoms with van der Waals surface area (Å²) in [5.74, 6) is 1.59. The summed E-state index contributed by atoms with van der Waals surface area (Å²) in [5, 5.41) is 0.495. The predicted octanol–water partition coefficient (Wildman–Crippen LogP) is 3.05. The molecule has 1 aromatic heterocycles. The minimum atomic E-state index is 0.404. The van der Waals surface area contributed by atoms with Gasteiger partial charge in [0.05, 0.1) is 0 Å². The van der Waals surface area contributed by atoms with Crippen molar-refractivity contribution in [3.05, 3.63) is 17.0 Å². The highest BCUT2D eigenvalue weighted by atomic mass is 35.5. The van der Waals surface area contributed by atoms with Gasteiger partial charge < -0.3 is 9.64 Å². The summed E-state index contributed by atoms with van der Waals surface area (Å²) >= 11 is 6.04. The van der Waals surface area contributed by atoms with E-state index in [0.717, 1.165) is 18.9 Å². The lowest BCUT2D eigenvalue weighted by Gasteiger charge is -2.26. The fourth-order valence-corrected chi connectivity index (χ4v) is 2.48. The molecule has 1 fully saturated rings. The SMILES string of the molecule is COCc1nc(Cl)cc(N2CCCCCCC2)n1. The molecule has 0 N–H and O–H groups in total. The Morgan fingerprint density at radius 1 is 1.17 bits per heavy atom. The van der Waals surface area contributed by atoms with Crippen LogP contribution in [0.5, 0.6) is 0 Å². The zero-order chi connectivity index (χ0) is 12.8. The van der Waals surface area contributed by atoms with Crippen LogP contribution in [0.1, 0.15) is 37.9 Å². The minimum absolute atomic E-state index is 0.404. The molecule has 0 bridgehead atoms. The second kappa shape index (κ2) is 6.90. The van der Waals surface area contributed by atoms with Crippen molar-refractivity contribution in [2.75, 3.05) is 25.1 Å². The van der Waals surface area contributed by atoms with Crippen molar-refractivity contribution in [2.45, 2.75) is 38.7 Å². The summed E-state index contributed by atoms with van der Waals surface area (Å²) in [4.78, 5) is 11.0. The van der Waals surface area contributed by atoms with E-state index in [2.05, 4.69) is 14.9 Å². The molecule has 18 heavy (non-hydrogen) atoms. The Balaban J connectivity index is 2.14. The van der Waals surface area contributed by atoms with E-state index in [-0.39, 0.29) is 0 Å². The molecule has 2 rings (SSSR count). The van der Waals surface area contributed by atoms with Crippen LogP contribution >= 0.6 is 11.6 Å². The van der Waals surface area contributed by atoms with E-state index < -0.39 is 0 Å². The van der Waals surface area contributed by atoms with Gasteiger partial charge in [0, 0.05) is 26.3 Å². The highest BCUT2D eigenvalue weighted by molar-refractivity contribution is 6.29. The fraction of sp³-hybridized carbons (Fsp3) is 0.692. The van der Waals surface area contributed by atoms with Crippen molar-refractivity contribution in [2.24, 2.45) is 0 Å². The maximum Gasteiger partial charge on any atom is 0.158 e. The number of rotatable bonds is 3. The molecular weight excluding hydrogens is 250 g/mol. The molecule has 0 saturated carbocycles. The first-order valence-electron chi connectivity index (χ1n) is 6.57. The zero-order valence-electron chi connectivity index (χ0n) is 10.9. The van der Waals surface area contributed by atoms with Crippen LogP contribution in [-0.4, -0.2) is 30.2 Å². The van der Waals surface area contributed by atoms with Crippen LogP contribution in [-0.2, 0) is 11.3 Å². The van der Waals surface area contributed by atoms with E-state index in [1.54, 1.807) is 7.11 Å². The largest absolute Gasteiger partial charge is 0.377 e. The quantitative estimate of drug-likeness (QED) is 0.791. The molecule has 1 aliphatic heterocycles. The van der Waals surface area contributed by atoms with E-state index in [9.17, 15) is 0 Å². The lowest BCUT2D eigenvalue weighted by molar-refractivity contribution is 0.178. The van der Waals surface area contributed by atoms with Crippen molar-refractivity contribution in [1.29, 1.82) is 0 Å². The monoisotopic (exact) mass is 269 g/mol. The molecule has 1 aliphatic rings. The van der Waals surface area contributed by atoms with Gasteiger partial charge in [-0.15, -0.1) is 0 Å². The topological polar surface area (TPSA) is 38.2 Å². The smallest absolute Gasteiger partial charge is 0.158 e. The average Bonchev–Trinajstić information content (AvgIpc) is 2.27. The van der Waals surface area contributed by atoms with Gasteiger partial charge in [0.15, 0.2) is 5.82 Å². The Bertz CT molecular complexity index is 378. The van der Waals surface area contributed by atoms with Gasteiger partial charge in [-0.1, -0.05) is 30.9 Å². The maximum absolute atomic E-state index is 6.04. The molecule has 0 aliphatic carbocycles. The summed E-state index contributed by atoms with van der Waals surface area (Å²) in [6.45, 7) is 2.51. The molecule has 2 heterocycles. The third-order valence-corrected chi connectivity index (χ3v) is 3.37. The summed E-state index contributed by atoms with van der Waals surface area (Å²) < 4.78 is 5.07. The van der Waals surface area contributed by atoms with Gasteiger partial charge in [0.2, 0.25) is 0 Å². The third kappa shape index (κ3) is 3.82. The molecule has 0 radical (unpaired) electrons. The first-order chi connectivity index (χ1) is 8.79. The number of hydrogen-bond acceptors (Lipinski definition) is 4. The van der Waals surface area contributed by atoms with Gasteiger partial charge >= 0.3 is 0 Å². The van der Waals surface area contributed by atoms with E-state index in [0.29, 0.717) is 17.6 Å². The van der Waals surface area contributed by atoms with Crippen LogP contribution in [0.3, 0.4) is 0 Å². The molecule has 5 heteroatoms. The Kier molecular flexibility index (Phi) is 5.20. The lowest BCUT2D eigenvalue weighted by Crippen LogP contribution is -2.28. The van der Waals surface area contributed by atoms with Gasteiger partial charge in [-0.25, -0.2) is 9.97 Å². The fourth-order valence-electron chi connectivity index (χ4n) is 2.28. The molecule has 0 spiro atoms. The summed E-state index contributed by atoms with van der Waals surface area (Å²) in [5.41, 5.74) is 0. The number of halogens is 1. The van der Waals surface area contributed by atoms with E-state index in [4.69, 9.17) is 16.3 Å². The van der Waals surface area contributed by atoms with Gasteiger partial charge in [-0.05, 0) is 12.8 Å². The van der Waals surface area contributed by atoms with Crippen molar-refractivity contribution < 1.29 is 4.74 Å². The Hall–Kier alpha value is -0.870. The Morgan fingerprint density at radius 2 is 1.83 bits per heavy atom. The number of anilines is 1. The third-order valence-electron chi connectivity index (χ3n) is 3.18. The van der Waals surface area contributed by atoms with Crippen LogP contribution in [0, 0.1) is 0 Å². The predicted molar refractivity (Wildman–Crippen MR) is 73.1 cm³/mol. The number of hydrogen-bond donors (Lipinski definition) is 0. The molecule has 0 aromatic carbocycles. The number of ether oxygens (including phenoxy) is 1. The Morgan fingerprint density at radius 3 is 2.50 bits per heavy atom. The van der Waals surface area contributed by atoms with Crippen molar-refractivity contribution in [3.63, 3.8) is 0 Å². The lowest BCUT2D eigenvalue weighted by atomic mass is 10.1. The Labute approximate surface area is 113 Å². The highest BCUT2D eigenvalue weighted by Crippen LogP contribution is 2.20. The summed E-state index contributed by atoms with van der Waals surface area (Å²) in [7, 11) is 1.64. The number of aromatic nitrogens is 2. The van der Waals surface area contributed by atoms with Gasteiger partial charge in [-0.3, -0.25) is 0 Å². The van der Waals surface area contributed by atoms with E-state index >= 15 is 0 Å². The molecule has 1 saturated heterocycles. The maximum atomic E-state index is 6.04. The second-order valence-electron chi connectivity index (χ2n) is 4.65. The average molecular weight is 270 g/mol. The van der Waals surface area contributed by atoms with Gasteiger partial charge in [0.25, 0.3) is 0 Å². The van der Waals surface area contributed by atoms with Crippen LogP contribution < -0.4 is 4.90 Å². The van der Waals surface area contributed by atoms with Crippen LogP contribution in [0.4, 0.5) is 5.82 Å². The first kappa shape index (κ1) is 13.6. The standard InChI is InChI=1S/C13H20ClN3O/c1-18-10-12-15-11(14)9-13(16-12)17-7-5-3-2-4-6-8-17/h9H,2-8,10H2,1H3. The number of methoxy groups -OCH3 is 1. The van der Waals surface area contributed by atoms with Crippen LogP contribution in [0.25, 0.3) is 0 Å². The summed E-state index contributed by atoms with van der Waals surface area (Å²) in [6, 6.07) is 1.85. The minimum Gasteiger partial charge on any atom is -0.377 e. The highest BCUT2D eigenvalue weighted by Gasteiger charge is 2.12. The van der Waals surface area contributed by atoms with Gasteiger partial charge in [-0.2, -0.15) is 0 Å². The van der Waals surface area contributed by atoms with Crippen LogP contribution in [0.15, 0.2) is 6.07 Å². The first-order valence-corrected chi connectivity index (χ1v) is 6.95. The second-order valence-corrected chi connectivity index (χ2v) is 5.04. The molecule has 0 unspecified atom stereocenters. The van der Waals surface area contributed by atoms with Crippen molar-refractivity contribution in [3.8, 4) is 0 Å².